The number of alkyl halides is 3. The number of benzene rings is 1. The molecule has 1 unspecified atom stereocenters. The molecule has 1 aliphatic heterocycles. The third kappa shape index (κ3) is 3.51. The number of nitrogens with two attached hydrogens (primary N) is 1. The lowest BCUT2D eigenvalue weighted by Gasteiger charge is -2.17. The first kappa shape index (κ1) is 17.4. The number of hydrogen-bond donors (Lipinski definition) is 1. The maximum absolute atomic E-state index is 13.8. The van der Waals surface area contributed by atoms with E-state index in [0.29, 0.717) is 0 Å². The van der Waals surface area contributed by atoms with Crippen LogP contribution in [0.3, 0.4) is 0 Å². The number of carbonyl (C=O) groups excluding carboxylic acids is 1. The highest BCUT2D eigenvalue weighted by Crippen LogP contribution is 2.45. The van der Waals surface area contributed by atoms with Gasteiger partial charge in [-0.2, -0.15) is 0 Å². The molecule has 21 heavy (non-hydrogen) atoms. The second-order valence-electron chi connectivity index (χ2n) is 4.02. The molecule has 0 aromatic heterocycles. The van der Waals surface area contributed by atoms with E-state index in [9.17, 15) is 18.0 Å². The summed E-state index contributed by atoms with van der Waals surface area (Å²) in [5, 5.41) is 0. The lowest BCUT2D eigenvalue weighted by molar-refractivity contribution is -0.287. The molecule has 2 N–H and O–H groups in total. The van der Waals surface area contributed by atoms with Crippen molar-refractivity contribution >= 4 is 18.4 Å². The standard InChI is InChI=1S/C12H12F3NO4.ClH/c1-2-18-11(17)8(13)9(16)6-4-3-5-7-10(6)20-12(14,15)19-7;/h3-5,8-9H,2,16H2,1H3;1H/t8?,9-;/m1./s1. The minimum absolute atomic E-state index is 0. The second-order valence-corrected chi connectivity index (χ2v) is 4.02. The fraction of sp³-hybridized carbons (Fsp3) is 0.417. The average molecular weight is 328 g/mol. The van der Waals surface area contributed by atoms with E-state index in [1.807, 2.05) is 0 Å². The van der Waals surface area contributed by atoms with Crippen molar-refractivity contribution in [2.75, 3.05) is 6.61 Å². The zero-order valence-corrected chi connectivity index (χ0v) is 11.7. The van der Waals surface area contributed by atoms with Crippen molar-refractivity contribution in [3.63, 3.8) is 0 Å². The van der Waals surface area contributed by atoms with Gasteiger partial charge in [-0.15, -0.1) is 21.2 Å². The Balaban J connectivity index is 0.00000220. The van der Waals surface area contributed by atoms with Crippen molar-refractivity contribution < 1.29 is 32.2 Å². The predicted octanol–water partition coefficient (Wildman–Crippen LogP) is 2.33. The van der Waals surface area contributed by atoms with Crippen LogP contribution in [0.2, 0.25) is 0 Å². The van der Waals surface area contributed by atoms with Crippen molar-refractivity contribution in [2.45, 2.75) is 25.4 Å². The molecule has 0 spiro atoms. The SMILES string of the molecule is CCOC(=O)C(F)[C@H](N)c1cccc2c1OC(F)(F)O2.Cl. The molecule has 0 radical (unpaired) electrons. The Morgan fingerprint density at radius 2 is 2.10 bits per heavy atom. The van der Waals surface area contributed by atoms with Crippen LogP contribution in [-0.4, -0.2) is 25.0 Å². The van der Waals surface area contributed by atoms with Gasteiger partial charge in [-0.3, -0.25) is 0 Å². The smallest absolute Gasteiger partial charge is 0.464 e. The number of carbonyl (C=O) groups is 1. The molecule has 0 amide bonds. The van der Waals surface area contributed by atoms with Crippen LogP contribution in [0.5, 0.6) is 11.5 Å². The maximum atomic E-state index is 13.8. The largest absolute Gasteiger partial charge is 0.586 e. The number of esters is 1. The molecule has 9 heteroatoms. The minimum Gasteiger partial charge on any atom is -0.464 e. The molecule has 1 aromatic rings. The first-order chi connectivity index (χ1) is 9.35. The summed E-state index contributed by atoms with van der Waals surface area (Å²) in [4.78, 5) is 11.3. The van der Waals surface area contributed by atoms with E-state index in [0.717, 1.165) is 0 Å². The van der Waals surface area contributed by atoms with Crippen LogP contribution in [0.1, 0.15) is 18.5 Å². The van der Waals surface area contributed by atoms with Gasteiger partial charge in [0.1, 0.15) is 0 Å². The van der Waals surface area contributed by atoms with Crippen LogP contribution in [0.15, 0.2) is 18.2 Å². The second kappa shape index (κ2) is 6.40. The van der Waals surface area contributed by atoms with Crippen LogP contribution < -0.4 is 15.2 Å². The summed E-state index contributed by atoms with van der Waals surface area (Å²) in [7, 11) is 0. The summed E-state index contributed by atoms with van der Waals surface area (Å²) in [6.45, 7) is 1.49. The van der Waals surface area contributed by atoms with Crippen LogP contribution in [-0.2, 0) is 9.53 Å². The highest BCUT2D eigenvalue weighted by atomic mass is 35.5. The molecule has 0 saturated heterocycles. The first-order valence-electron chi connectivity index (χ1n) is 5.80. The van der Waals surface area contributed by atoms with E-state index < -0.39 is 24.5 Å². The van der Waals surface area contributed by atoms with Crippen molar-refractivity contribution in [3.05, 3.63) is 23.8 Å². The van der Waals surface area contributed by atoms with Gasteiger partial charge in [-0.25, -0.2) is 9.18 Å². The molecular formula is C12H13ClF3NO4. The van der Waals surface area contributed by atoms with Crippen LogP contribution >= 0.6 is 12.4 Å². The maximum Gasteiger partial charge on any atom is 0.586 e. The summed E-state index contributed by atoms with van der Waals surface area (Å²) in [5.74, 6) is -1.81. The molecule has 0 saturated carbocycles. The molecule has 1 heterocycles. The van der Waals surface area contributed by atoms with Crippen molar-refractivity contribution in [1.29, 1.82) is 0 Å². The fourth-order valence-corrected chi connectivity index (χ4v) is 1.78. The zero-order valence-electron chi connectivity index (χ0n) is 10.8. The van der Waals surface area contributed by atoms with E-state index in [1.165, 1.54) is 25.1 Å². The first-order valence-corrected chi connectivity index (χ1v) is 5.80. The molecule has 1 aromatic carbocycles. The average Bonchev–Trinajstić information content (AvgIpc) is 2.70. The lowest BCUT2D eigenvalue weighted by Crippen LogP contribution is -2.32. The van der Waals surface area contributed by atoms with Crippen LogP contribution in [0, 0.1) is 0 Å². The molecular weight excluding hydrogens is 315 g/mol. The molecule has 0 bridgehead atoms. The van der Waals surface area contributed by atoms with Gasteiger partial charge in [0.2, 0.25) is 6.17 Å². The normalized spacial score (nSPS) is 17.6. The van der Waals surface area contributed by atoms with E-state index in [1.54, 1.807) is 0 Å². The van der Waals surface area contributed by atoms with E-state index in [-0.39, 0.29) is 36.1 Å². The quantitative estimate of drug-likeness (QED) is 0.859. The molecule has 118 valence electrons. The molecule has 0 fully saturated rings. The molecule has 1 aliphatic rings. The number of rotatable bonds is 4. The monoisotopic (exact) mass is 327 g/mol. The molecule has 0 aliphatic carbocycles. The van der Waals surface area contributed by atoms with Gasteiger partial charge in [-0.05, 0) is 13.0 Å². The van der Waals surface area contributed by atoms with Gasteiger partial charge in [-0.1, -0.05) is 12.1 Å². The summed E-state index contributed by atoms with van der Waals surface area (Å²) >= 11 is 0. The lowest BCUT2D eigenvalue weighted by atomic mass is 10.0. The third-order valence-electron chi connectivity index (χ3n) is 2.65. The topological polar surface area (TPSA) is 70.8 Å². The Labute approximate surface area is 124 Å². The van der Waals surface area contributed by atoms with Crippen LogP contribution in [0.4, 0.5) is 13.2 Å². The van der Waals surface area contributed by atoms with E-state index >= 15 is 0 Å². The van der Waals surface area contributed by atoms with Gasteiger partial charge in [0, 0.05) is 5.56 Å². The van der Waals surface area contributed by atoms with Gasteiger partial charge >= 0.3 is 12.3 Å². The molecule has 5 nitrogen and oxygen atoms in total. The summed E-state index contributed by atoms with van der Waals surface area (Å²) in [5.41, 5.74) is 5.48. The van der Waals surface area contributed by atoms with E-state index in [2.05, 4.69) is 14.2 Å². The Hall–Kier alpha value is -1.67. The number of para-hydroxylation sites is 1. The number of ether oxygens (including phenoxy) is 3. The Bertz CT molecular complexity index is 529. The summed E-state index contributed by atoms with van der Waals surface area (Å²) in [6, 6.07) is 2.35. The van der Waals surface area contributed by atoms with Crippen LogP contribution in [0.25, 0.3) is 0 Å². The van der Waals surface area contributed by atoms with Crippen molar-refractivity contribution in [2.24, 2.45) is 5.73 Å². The number of hydrogen-bond acceptors (Lipinski definition) is 5. The van der Waals surface area contributed by atoms with Gasteiger partial charge in [0.05, 0.1) is 12.6 Å². The molecule has 2 atom stereocenters. The van der Waals surface area contributed by atoms with Crippen molar-refractivity contribution in [3.8, 4) is 11.5 Å². The summed E-state index contributed by atoms with van der Waals surface area (Å²) < 4.78 is 52.8. The zero-order chi connectivity index (χ0) is 14.9. The fourth-order valence-electron chi connectivity index (χ4n) is 1.78. The summed E-state index contributed by atoms with van der Waals surface area (Å²) in [6.07, 6.45) is -6.03. The minimum atomic E-state index is -3.84. The van der Waals surface area contributed by atoms with Gasteiger partial charge in [0.15, 0.2) is 11.5 Å². The highest BCUT2D eigenvalue weighted by Gasteiger charge is 2.45. The van der Waals surface area contributed by atoms with Gasteiger partial charge in [0.25, 0.3) is 0 Å². The van der Waals surface area contributed by atoms with E-state index in [4.69, 9.17) is 5.73 Å². The van der Waals surface area contributed by atoms with Crippen molar-refractivity contribution in [1.82, 2.24) is 0 Å². The van der Waals surface area contributed by atoms with Gasteiger partial charge < -0.3 is 19.9 Å². The Morgan fingerprint density at radius 1 is 1.43 bits per heavy atom. The highest BCUT2D eigenvalue weighted by molar-refractivity contribution is 5.85. The predicted molar refractivity (Wildman–Crippen MR) is 68.4 cm³/mol. The molecule has 2 rings (SSSR count). The number of halogens is 4. The third-order valence-corrected chi connectivity index (χ3v) is 2.65. The Morgan fingerprint density at radius 3 is 2.71 bits per heavy atom. The number of fused-ring (bicyclic) bond motifs is 1. The Kier molecular flexibility index (Phi) is 5.30.